The summed E-state index contributed by atoms with van der Waals surface area (Å²) in [5.41, 5.74) is -0.172. The van der Waals surface area contributed by atoms with Gasteiger partial charge in [-0.2, -0.15) is 5.10 Å². The number of Topliss-reactive ketones (excluding diaryl/α,β-unsaturated/α-hetero) is 1. The van der Waals surface area contributed by atoms with Crippen LogP contribution in [0, 0.1) is 5.92 Å². The third-order valence-corrected chi connectivity index (χ3v) is 4.33. The van der Waals surface area contributed by atoms with Crippen molar-refractivity contribution in [3.8, 4) is 5.75 Å². The van der Waals surface area contributed by atoms with Crippen LogP contribution in [0.2, 0.25) is 0 Å². The fourth-order valence-corrected chi connectivity index (χ4v) is 3.38. The number of carbonyl (C=O) groups excluding carboxylic acids is 1. The lowest BCUT2D eigenvalue weighted by atomic mass is 9.75. The Hall–Kier alpha value is -1.36. The number of nitrogens with zero attached hydrogens (tertiary/aromatic N) is 2. The predicted molar refractivity (Wildman–Crippen MR) is 80.8 cm³/mol. The highest BCUT2D eigenvalue weighted by atomic mass is 16.5. The molecule has 5 heteroatoms. The van der Waals surface area contributed by atoms with Gasteiger partial charge in [0.2, 0.25) is 5.78 Å². The Kier molecular flexibility index (Phi) is 5.04. The van der Waals surface area contributed by atoms with E-state index in [0.29, 0.717) is 30.5 Å². The molecule has 0 aromatic carbocycles. The van der Waals surface area contributed by atoms with Gasteiger partial charge in [-0.3, -0.25) is 9.48 Å². The van der Waals surface area contributed by atoms with Gasteiger partial charge < -0.3 is 9.47 Å². The van der Waals surface area contributed by atoms with E-state index in [1.54, 1.807) is 18.0 Å². The maximum atomic E-state index is 13.2. The van der Waals surface area contributed by atoms with E-state index in [1.807, 2.05) is 13.8 Å². The van der Waals surface area contributed by atoms with Gasteiger partial charge in [-0.25, -0.2) is 0 Å². The zero-order valence-electron chi connectivity index (χ0n) is 13.5. The molecule has 1 aliphatic carbocycles. The molecule has 2 rings (SSSR count). The summed E-state index contributed by atoms with van der Waals surface area (Å²) < 4.78 is 13.0. The Bertz CT molecular complexity index is 472. The van der Waals surface area contributed by atoms with Crippen LogP contribution in [0.15, 0.2) is 6.20 Å². The summed E-state index contributed by atoms with van der Waals surface area (Å²) in [4.78, 5) is 13.2. The van der Waals surface area contributed by atoms with Crippen molar-refractivity contribution in [2.75, 3.05) is 13.7 Å². The lowest BCUT2D eigenvalue weighted by Gasteiger charge is -2.38. The van der Waals surface area contributed by atoms with Gasteiger partial charge in [0.25, 0.3) is 0 Å². The van der Waals surface area contributed by atoms with Crippen molar-refractivity contribution in [1.82, 2.24) is 9.78 Å². The summed E-state index contributed by atoms with van der Waals surface area (Å²) in [5, 5.41) is 4.25. The first-order chi connectivity index (χ1) is 10.1. The first-order valence-corrected chi connectivity index (χ1v) is 7.86. The number of aryl methyl sites for hydroxylation is 1. The zero-order valence-corrected chi connectivity index (χ0v) is 13.5. The summed E-state index contributed by atoms with van der Waals surface area (Å²) >= 11 is 0. The molecule has 0 bridgehead atoms. The molecule has 5 nitrogen and oxygen atoms in total. The van der Waals surface area contributed by atoms with E-state index in [4.69, 9.17) is 9.47 Å². The molecule has 1 saturated carbocycles. The summed E-state index contributed by atoms with van der Waals surface area (Å²) in [6, 6.07) is 0. The van der Waals surface area contributed by atoms with Crippen molar-refractivity contribution < 1.29 is 14.3 Å². The second-order valence-corrected chi connectivity index (χ2v) is 5.84. The van der Waals surface area contributed by atoms with E-state index in [2.05, 4.69) is 12.0 Å². The maximum absolute atomic E-state index is 13.2. The topological polar surface area (TPSA) is 53.4 Å². The van der Waals surface area contributed by atoms with Gasteiger partial charge >= 0.3 is 0 Å². The number of methoxy groups -OCH3 is 1. The lowest BCUT2D eigenvalue weighted by molar-refractivity contribution is -0.0518. The number of ether oxygens (including phenoxy) is 2. The van der Waals surface area contributed by atoms with Gasteiger partial charge in [0.15, 0.2) is 5.75 Å². The number of aromatic nitrogens is 2. The van der Waals surface area contributed by atoms with Crippen LogP contribution in [-0.4, -0.2) is 34.9 Å². The molecule has 0 spiro atoms. The third-order valence-electron chi connectivity index (χ3n) is 4.33. The minimum absolute atomic E-state index is 0.0205. The first kappa shape index (κ1) is 16.0. The van der Waals surface area contributed by atoms with Crippen molar-refractivity contribution in [2.24, 2.45) is 5.92 Å². The van der Waals surface area contributed by atoms with Gasteiger partial charge in [-0.15, -0.1) is 0 Å². The van der Waals surface area contributed by atoms with E-state index in [1.165, 1.54) is 0 Å². The highest BCUT2D eigenvalue weighted by Gasteiger charge is 2.45. The van der Waals surface area contributed by atoms with E-state index < -0.39 is 5.60 Å². The van der Waals surface area contributed by atoms with Crippen molar-refractivity contribution >= 4 is 5.78 Å². The number of carbonyl (C=O) groups is 1. The SMILES string of the molecule is CCOC1(C(=O)c2c(OC)cnn2CC)CCCC(C)C1. The second kappa shape index (κ2) is 6.60. The molecule has 0 saturated heterocycles. The molecule has 21 heavy (non-hydrogen) atoms. The summed E-state index contributed by atoms with van der Waals surface area (Å²) in [7, 11) is 1.57. The molecule has 1 aromatic heterocycles. The molecule has 2 atom stereocenters. The van der Waals surface area contributed by atoms with Gasteiger partial charge in [0, 0.05) is 13.2 Å². The highest BCUT2D eigenvalue weighted by molar-refractivity contribution is 6.03. The summed E-state index contributed by atoms with van der Waals surface area (Å²) in [6.07, 6.45) is 5.35. The molecule has 2 unspecified atom stereocenters. The van der Waals surface area contributed by atoms with Crippen LogP contribution >= 0.6 is 0 Å². The van der Waals surface area contributed by atoms with Gasteiger partial charge in [0.1, 0.15) is 11.3 Å². The molecule has 1 fully saturated rings. The number of ketones is 1. The third kappa shape index (κ3) is 2.98. The normalized spacial score (nSPS) is 25.8. The van der Waals surface area contributed by atoms with E-state index in [9.17, 15) is 4.79 Å². The Balaban J connectivity index is 2.41. The second-order valence-electron chi connectivity index (χ2n) is 5.84. The van der Waals surface area contributed by atoms with E-state index >= 15 is 0 Å². The molecular weight excluding hydrogens is 268 g/mol. The van der Waals surface area contributed by atoms with Crippen LogP contribution in [0.3, 0.4) is 0 Å². The number of hydrogen-bond donors (Lipinski definition) is 0. The zero-order chi connectivity index (χ0) is 15.5. The Morgan fingerprint density at radius 1 is 1.52 bits per heavy atom. The van der Waals surface area contributed by atoms with Gasteiger partial charge in [-0.1, -0.05) is 13.3 Å². The molecule has 118 valence electrons. The van der Waals surface area contributed by atoms with Gasteiger partial charge in [-0.05, 0) is 39.0 Å². The maximum Gasteiger partial charge on any atom is 0.216 e. The summed E-state index contributed by atoms with van der Waals surface area (Å²) in [5.74, 6) is 1.06. The largest absolute Gasteiger partial charge is 0.493 e. The molecule has 0 radical (unpaired) electrons. The predicted octanol–water partition coefficient (Wildman–Crippen LogP) is 3.08. The Morgan fingerprint density at radius 3 is 2.86 bits per heavy atom. The number of hydrogen-bond acceptors (Lipinski definition) is 4. The van der Waals surface area contributed by atoms with E-state index in [-0.39, 0.29) is 5.78 Å². The van der Waals surface area contributed by atoms with Gasteiger partial charge in [0.05, 0.1) is 13.3 Å². The van der Waals surface area contributed by atoms with Crippen LogP contribution in [-0.2, 0) is 11.3 Å². The van der Waals surface area contributed by atoms with Crippen LogP contribution < -0.4 is 4.74 Å². The molecule has 0 aliphatic heterocycles. The molecule has 0 N–H and O–H groups in total. The molecule has 1 heterocycles. The Morgan fingerprint density at radius 2 is 2.29 bits per heavy atom. The smallest absolute Gasteiger partial charge is 0.216 e. The minimum Gasteiger partial charge on any atom is -0.493 e. The quantitative estimate of drug-likeness (QED) is 0.757. The molecular formula is C16H26N2O3. The minimum atomic E-state index is -0.716. The Labute approximate surface area is 126 Å². The molecule has 1 aliphatic rings. The molecule has 1 aromatic rings. The van der Waals surface area contributed by atoms with Crippen molar-refractivity contribution in [3.63, 3.8) is 0 Å². The molecule has 0 amide bonds. The average Bonchev–Trinajstić information content (AvgIpc) is 2.89. The van der Waals surface area contributed by atoms with Crippen molar-refractivity contribution in [3.05, 3.63) is 11.9 Å². The average molecular weight is 294 g/mol. The number of rotatable bonds is 6. The lowest BCUT2D eigenvalue weighted by Crippen LogP contribution is -2.46. The van der Waals surface area contributed by atoms with E-state index in [0.717, 1.165) is 25.7 Å². The standard InChI is InChI=1S/C16H26N2O3/c1-5-18-14(13(20-4)11-17-18)15(19)16(21-6-2)9-7-8-12(3)10-16/h11-12H,5-10H2,1-4H3. The van der Waals surface area contributed by atoms with Crippen molar-refractivity contribution in [1.29, 1.82) is 0 Å². The first-order valence-electron chi connectivity index (χ1n) is 7.86. The highest BCUT2D eigenvalue weighted by Crippen LogP contribution is 2.39. The van der Waals surface area contributed by atoms with Crippen LogP contribution in [0.5, 0.6) is 5.75 Å². The van der Waals surface area contributed by atoms with Crippen LogP contribution in [0.4, 0.5) is 0 Å². The fraction of sp³-hybridized carbons (Fsp3) is 0.750. The monoisotopic (exact) mass is 294 g/mol. The fourth-order valence-electron chi connectivity index (χ4n) is 3.38. The van der Waals surface area contributed by atoms with Crippen LogP contribution in [0.1, 0.15) is 56.9 Å². The van der Waals surface area contributed by atoms with Crippen LogP contribution in [0.25, 0.3) is 0 Å². The van der Waals surface area contributed by atoms with Crippen molar-refractivity contribution in [2.45, 2.75) is 58.6 Å². The summed E-state index contributed by atoms with van der Waals surface area (Å²) in [6.45, 7) is 7.29.